The Balaban J connectivity index is 1.07. The van der Waals surface area contributed by atoms with Crippen molar-refractivity contribution in [1.29, 1.82) is 0 Å². The van der Waals surface area contributed by atoms with Crippen LogP contribution in [0.15, 0.2) is 255 Å². The van der Waals surface area contributed by atoms with Crippen molar-refractivity contribution in [3.63, 3.8) is 0 Å². The minimum atomic E-state index is -0.495. The third-order valence-electron chi connectivity index (χ3n) is 13.0. The summed E-state index contributed by atoms with van der Waals surface area (Å²) in [4.78, 5) is 4.56. The van der Waals surface area contributed by atoms with E-state index in [1.54, 1.807) is 0 Å². The Morgan fingerprint density at radius 3 is 1.68 bits per heavy atom. The van der Waals surface area contributed by atoms with Crippen LogP contribution in [-0.4, -0.2) is 0 Å². The first-order valence-corrected chi connectivity index (χ1v) is 21.9. The normalized spacial score (nSPS) is 14.2. The van der Waals surface area contributed by atoms with Crippen molar-refractivity contribution >= 4 is 17.1 Å². The molecule has 2 nitrogen and oxygen atoms in total. The predicted molar refractivity (Wildman–Crippen MR) is 266 cm³/mol. The zero-order valence-corrected chi connectivity index (χ0v) is 35.9. The van der Waals surface area contributed by atoms with Gasteiger partial charge in [0.05, 0.1) is 5.41 Å². The van der Waals surface area contributed by atoms with Crippen molar-refractivity contribution in [1.82, 2.24) is 0 Å². The van der Waals surface area contributed by atoms with Crippen LogP contribution in [0.4, 0.5) is 17.1 Å². The van der Waals surface area contributed by atoms with Crippen molar-refractivity contribution in [2.24, 2.45) is 0 Å². The molecule has 2 aliphatic rings. The van der Waals surface area contributed by atoms with Gasteiger partial charge in [-0.2, -0.15) is 0 Å². The highest BCUT2D eigenvalue weighted by atomic mass is 15.1. The van der Waals surface area contributed by atoms with E-state index in [0.29, 0.717) is 0 Å². The maximum Gasteiger partial charge on any atom is 0.0714 e. The molecular weight excluding hydrogens is 761 g/mol. The van der Waals surface area contributed by atoms with E-state index < -0.39 is 5.41 Å². The molecule has 2 aliphatic carbocycles. The lowest BCUT2D eigenvalue weighted by molar-refractivity contribution is 0.660. The fourth-order valence-corrected chi connectivity index (χ4v) is 10.1. The van der Waals surface area contributed by atoms with Gasteiger partial charge in [-0.25, -0.2) is 0 Å². The molecule has 8 aromatic rings. The smallest absolute Gasteiger partial charge is 0.0714 e. The Morgan fingerprint density at radius 1 is 0.476 bits per heavy atom. The van der Waals surface area contributed by atoms with Crippen LogP contribution in [0.2, 0.25) is 0 Å². The van der Waals surface area contributed by atoms with Crippen LogP contribution < -0.4 is 9.80 Å². The van der Waals surface area contributed by atoms with Gasteiger partial charge in [-0.1, -0.05) is 196 Å². The predicted octanol–water partition coefficient (Wildman–Crippen LogP) is 15.3. The van der Waals surface area contributed by atoms with Crippen LogP contribution >= 0.6 is 0 Å². The highest BCUT2D eigenvalue weighted by Crippen LogP contribution is 2.56. The third-order valence-corrected chi connectivity index (χ3v) is 13.0. The van der Waals surface area contributed by atoms with Crippen molar-refractivity contribution < 1.29 is 0 Å². The molecule has 63 heavy (non-hydrogen) atoms. The first kappa shape index (κ1) is 39.5. The molecule has 0 amide bonds. The molecule has 0 radical (unpaired) electrons. The van der Waals surface area contributed by atoms with E-state index in [1.165, 1.54) is 61.2 Å². The molecule has 0 spiro atoms. The molecule has 8 aromatic carbocycles. The molecule has 304 valence electrons. The second-order valence-electron chi connectivity index (χ2n) is 16.9. The van der Waals surface area contributed by atoms with Crippen molar-refractivity contribution in [3.05, 3.63) is 294 Å². The largest absolute Gasteiger partial charge is 0.318 e. The van der Waals surface area contributed by atoms with Gasteiger partial charge >= 0.3 is 0 Å². The van der Waals surface area contributed by atoms with Crippen LogP contribution in [0.5, 0.6) is 0 Å². The Morgan fingerprint density at radius 2 is 1.02 bits per heavy atom. The number of hydrogen-bond donors (Lipinski definition) is 0. The molecule has 0 saturated heterocycles. The Kier molecular flexibility index (Phi) is 10.4. The third kappa shape index (κ3) is 6.95. The van der Waals surface area contributed by atoms with Crippen LogP contribution in [0.25, 0.3) is 22.3 Å². The number of nitrogens with zero attached hydrogens (tertiary/aromatic N) is 2. The summed E-state index contributed by atoms with van der Waals surface area (Å²) in [7, 11) is 0. The molecule has 0 unspecified atom stereocenters. The molecule has 0 bridgehead atoms. The molecule has 10 rings (SSSR count). The van der Waals surface area contributed by atoms with Gasteiger partial charge in [-0.05, 0) is 122 Å². The first-order valence-electron chi connectivity index (χ1n) is 21.9. The van der Waals surface area contributed by atoms with Crippen LogP contribution in [0.3, 0.4) is 0 Å². The number of hydrogen-bond acceptors (Lipinski definition) is 2. The zero-order chi connectivity index (χ0) is 42.8. The van der Waals surface area contributed by atoms with E-state index in [1.807, 2.05) is 6.08 Å². The van der Waals surface area contributed by atoms with E-state index in [0.717, 1.165) is 29.2 Å². The highest BCUT2D eigenvalue weighted by molar-refractivity contribution is 5.87. The Labute approximate surface area is 372 Å². The number of benzene rings is 8. The standard InChI is InChI=1S/C61H50N2/c1-4-48(62(41-21-25-45-23-8-5-9-24-45)51-39-40-55-52-33-14-17-36-56(52)60(2,3)59(55)44-51)32-22-42-63(49-29-12-7-13-30-49)50-31-20-28-47(43-50)61(46-26-10-6-11-27-46)57-37-18-15-34-53(57)54-35-16-19-38-58(54)61/h4-24,26-44H,1,25H2,2-3H3/b41-21-,42-22-,48-32+. The first-order chi connectivity index (χ1) is 31.0. The summed E-state index contributed by atoms with van der Waals surface area (Å²) < 4.78 is 0. The number of anilines is 3. The molecule has 0 aromatic heterocycles. The average molecular weight is 811 g/mol. The average Bonchev–Trinajstić information content (AvgIpc) is 3.77. The molecule has 0 atom stereocenters. The summed E-state index contributed by atoms with van der Waals surface area (Å²) >= 11 is 0. The minimum Gasteiger partial charge on any atom is -0.318 e. The van der Waals surface area contributed by atoms with E-state index >= 15 is 0 Å². The van der Waals surface area contributed by atoms with E-state index in [4.69, 9.17) is 0 Å². The van der Waals surface area contributed by atoms with Gasteiger partial charge in [0.15, 0.2) is 0 Å². The van der Waals surface area contributed by atoms with Gasteiger partial charge in [0.25, 0.3) is 0 Å². The number of rotatable bonds is 12. The second-order valence-corrected chi connectivity index (χ2v) is 16.9. The number of para-hydroxylation sites is 1. The summed E-state index contributed by atoms with van der Waals surface area (Å²) in [5.74, 6) is 0. The molecule has 0 aliphatic heterocycles. The van der Waals surface area contributed by atoms with Crippen molar-refractivity contribution in [2.75, 3.05) is 9.80 Å². The quantitative estimate of drug-likeness (QED) is 0.113. The zero-order valence-electron chi connectivity index (χ0n) is 35.9. The van der Waals surface area contributed by atoms with Crippen molar-refractivity contribution in [3.8, 4) is 22.3 Å². The van der Waals surface area contributed by atoms with Gasteiger partial charge in [0.2, 0.25) is 0 Å². The van der Waals surface area contributed by atoms with Gasteiger partial charge in [0.1, 0.15) is 0 Å². The van der Waals surface area contributed by atoms with Crippen LogP contribution in [0.1, 0.15) is 52.8 Å². The van der Waals surface area contributed by atoms with Gasteiger partial charge < -0.3 is 9.80 Å². The molecule has 2 heteroatoms. The summed E-state index contributed by atoms with van der Waals surface area (Å²) in [6.45, 7) is 9.03. The summed E-state index contributed by atoms with van der Waals surface area (Å²) in [5.41, 5.74) is 17.8. The van der Waals surface area contributed by atoms with Crippen molar-refractivity contribution in [2.45, 2.75) is 31.1 Å². The fourth-order valence-electron chi connectivity index (χ4n) is 10.1. The highest BCUT2D eigenvalue weighted by Gasteiger charge is 2.46. The van der Waals surface area contributed by atoms with Crippen LogP contribution in [-0.2, 0) is 17.3 Å². The van der Waals surface area contributed by atoms with Gasteiger partial charge in [-0.15, -0.1) is 0 Å². The second kappa shape index (κ2) is 16.6. The molecule has 0 heterocycles. The van der Waals surface area contributed by atoms with Gasteiger partial charge in [0, 0.05) is 40.6 Å². The number of fused-ring (bicyclic) bond motifs is 6. The lowest BCUT2D eigenvalue weighted by atomic mass is 9.67. The van der Waals surface area contributed by atoms with Crippen LogP contribution in [0, 0.1) is 0 Å². The lowest BCUT2D eigenvalue weighted by Gasteiger charge is -2.34. The van der Waals surface area contributed by atoms with Gasteiger partial charge in [-0.3, -0.25) is 0 Å². The topological polar surface area (TPSA) is 6.48 Å². The fraction of sp³-hybridized carbons (Fsp3) is 0.0820. The monoisotopic (exact) mass is 810 g/mol. The van der Waals surface area contributed by atoms with E-state index in [-0.39, 0.29) is 5.41 Å². The minimum absolute atomic E-state index is 0.119. The molecule has 0 fully saturated rings. The summed E-state index contributed by atoms with van der Waals surface area (Å²) in [6, 6.07) is 74.9. The Hall–Kier alpha value is -7.68. The summed E-state index contributed by atoms with van der Waals surface area (Å²) in [5, 5.41) is 0. The van der Waals surface area contributed by atoms with E-state index in [2.05, 4.69) is 267 Å². The molecule has 0 N–H and O–H groups in total. The SMILES string of the molecule is C=C/C(=C\C=C/N(c1ccccc1)c1cccc(C2(c3ccccc3)c3ccccc3-c3ccccc32)c1)N(/C=C\Cc1ccccc1)c1ccc2c(c1)C(C)(C)c1ccccc1-2. The maximum atomic E-state index is 4.36. The molecule has 0 saturated carbocycles. The lowest BCUT2D eigenvalue weighted by Crippen LogP contribution is -2.28. The van der Waals surface area contributed by atoms with E-state index in [9.17, 15) is 0 Å². The molecular formula is C61H50N2. The summed E-state index contributed by atoms with van der Waals surface area (Å²) in [6.07, 6.45) is 13.7. The number of allylic oxidation sites excluding steroid dienone is 4. The maximum absolute atomic E-state index is 4.36. The Bertz CT molecular complexity index is 2980.